The number of esters is 1. The zero-order chi connectivity index (χ0) is 20.2. The number of rotatable bonds is 2. The molecule has 1 aromatic carbocycles. The van der Waals surface area contributed by atoms with E-state index in [-0.39, 0.29) is 5.54 Å². The Labute approximate surface area is 165 Å². The molecule has 0 aliphatic heterocycles. The first-order valence-electron chi connectivity index (χ1n) is 8.61. The van der Waals surface area contributed by atoms with Crippen LogP contribution in [0.1, 0.15) is 31.1 Å². The molecule has 0 spiro atoms. The molecule has 0 saturated heterocycles. The molecule has 3 heterocycles. The van der Waals surface area contributed by atoms with Crippen molar-refractivity contribution in [3.63, 3.8) is 0 Å². The number of aromatic amines is 1. The molecule has 0 saturated carbocycles. The Morgan fingerprint density at radius 2 is 2.00 bits per heavy atom. The summed E-state index contributed by atoms with van der Waals surface area (Å²) >= 11 is 6.39. The number of carbonyl (C=O) groups excluding carboxylic acids is 1. The molecule has 0 fully saturated rings. The van der Waals surface area contributed by atoms with Crippen molar-refractivity contribution >= 4 is 45.3 Å². The van der Waals surface area contributed by atoms with Gasteiger partial charge in [-0.05, 0) is 39.0 Å². The molecular formula is C19H19ClN6O2. The first-order chi connectivity index (χ1) is 13.2. The van der Waals surface area contributed by atoms with Gasteiger partial charge >= 0.3 is 5.97 Å². The Morgan fingerprint density at radius 3 is 2.68 bits per heavy atom. The van der Waals surface area contributed by atoms with Crippen molar-refractivity contribution < 1.29 is 9.53 Å². The quantitative estimate of drug-likeness (QED) is 0.497. The highest BCUT2D eigenvalue weighted by Crippen LogP contribution is 2.36. The van der Waals surface area contributed by atoms with Gasteiger partial charge in [-0.25, -0.2) is 19.4 Å². The number of ether oxygens (including phenoxy) is 1. The number of hydrogen-bond donors (Lipinski definition) is 2. The topological polar surface area (TPSA) is 112 Å². The van der Waals surface area contributed by atoms with Gasteiger partial charge < -0.3 is 15.5 Å². The molecule has 4 aromatic rings. The summed E-state index contributed by atoms with van der Waals surface area (Å²) in [5.74, 6) is -0.115. The van der Waals surface area contributed by atoms with E-state index in [2.05, 4.69) is 15.0 Å². The summed E-state index contributed by atoms with van der Waals surface area (Å²) in [6.45, 7) is 6.10. The third-order valence-corrected chi connectivity index (χ3v) is 4.81. The fourth-order valence-electron chi connectivity index (χ4n) is 3.19. The monoisotopic (exact) mass is 398 g/mol. The number of carbonyl (C=O) groups is 1. The molecule has 0 bridgehead atoms. The molecule has 3 N–H and O–H groups in total. The van der Waals surface area contributed by atoms with Crippen LogP contribution >= 0.6 is 11.6 Å². The molecule has 9 heteroatoms. The Hall–Kier alpha value is -3.13. The summed E-state index contributed by atoms with van der Waals surface area (Å²) in [7, 11) is 1.33. The van der Waals surface area contributed by atoms with E-state index in [9.17, 15) is 4.79 Å². The Bertz CT molecular complexity index is 1230. The van der Waals surface area contributed by atoms with Gasteiger partial charge in [0.1, 0.15) is 17.8 Å². The van der Waals surface area contributed by atoms with E-state index in [4.69, 9.17) is 27.2 Å². The van der Waals surface area contributed by atoms with Gasteiger partial charge in [0.2, 0.25) is 0 Å². The summed E-state index contributed by atoms with van der Waals surface area (Å²) in [5, 5.41) is 6.62. The maximum atomic E-state index is 11.9. The maximum Gasteiger partial charge on any atom is 0.337 e. The highest BCUT2D eigenvalue weighted by molar-refractivity contribution is 6.36. The highest BCUT2D eigenvalue weighted by Gasteiger charge is 2.25. The van der Waals surface area contributed by atoms with Crippen LogP contribution in [0, 0.1) is 0 Å². The van der Waals surface area contributed by atoms with Crippen LogP contribution in [0.2, 0.25) is 5.02 Å². The second-order valence-electron chi connectivity index (χ2n) is 7.48. The fraction of sp³-hybridized carbons (Fsp3) is 0.263. The SMILES string of the molecule is COC(=O)c1cc(Cl)c2cc(-c3nn(C(C)(C)C)c4ncnc(N)c34)[nH]c2c1. The van der Waals surface area contributed by atoms with Gasteiger partial charge in [0, 0.05) is 10.9 Å². The van der Waals surface area contributed by atoms with Crippen LogP contribution < -0.4 is 5.73 Å². The maximum absolute atomic E-state index is 11.9. The average molecular weight is 399 g/mol. The number of methoxy groups -OCH3 is 1. The molecule has 0 radical (unpaired) electrons. The number of anilines is 1. The van der Waals surface area contributed by atoms with Crippen LogP contribution in [-0.4, -0.2) is 37.8 Å². The predicted molar refractivity (Wildman–Crippen MR) is 108 cm³/mol. The zero-order valence-electron chi connectivity index (χ0n) is 15.9. The number of fused-ring (bicyclic) bond motifs is 2. The molecule has 144 valence electrons. The van der Waals surface area contributed by atoms with Gasteiger partial charge in [0.05, 0.1) is 34.3 Å². The number of nitrogen functional groups attached to an aromatic ring is 1. The molecule has 0 aliphatic rings. The fourth-order valence-corrected chi connectivity index (χ4v) is 3.46. The molecular weight excluding hydrogens is 380 g/mol. The lowest BCUT2D eigenvalue weighted by atomic mass is 10.1. The van der Waals surface area contributed by atoms with Crippen LogP contribution in [0.5, 0.6) is 0 Å². The number of halogens is 1. The number of nitrogens with one attached hydrogen (secondary N) is 1. The first-order valence-corrected chi connectivity index (χ1v) is 8.99. The number of aromatic nitrogens is 5. The van der Waals surface area contributed by atoms with Crippen molar-refractivity contribution in [3.8, 4) is 11.4 Å². The minimum Gasteiger partial charge on any atom is -0.465 e. The van der Waals surface area contributed by atoms with Gasteiger partial charge in [-0.3, -0.25) is 0 Å². The van der Waals surface area contributed by atoms with Crippen molar-refractivity contribution in [1.29, 1.82) is 0 Å². The van der Waals surface area contributed by atoms with Gasteiger partial charge in [-0.15, -0.1) is 0 Å². The van der Waals surface area contributed by atoms with Crippen LogP contribution in [0.25, 0.3) is 33.3 Å². The summed E-state index contributed by atoms with van der Waals surface area (Å²) in [6, 6.07) is 5.15. The minimum atomic E-state index is -0.458. The van der Waals surface area contributed by atoms with Gasteiger partial charge in [0.15, 0.2) is 5.65 Å². The normalized spacial score (nSPS) is 12.0. The molecule has 0 atom stereocenters. The van der Waals surface area contributed by atoms with Crippen molar-refractivity contribution in [2.75, 3.05) is 12.8 Å². The average Bonchev–Trinajstić information content (AvgIpc) is 3.23. The van der Waals surface area contributed by atoms with E-state index in [1.165, 1.54) is 13.4 Å². The number of nitrogens with zero attached hydrogens (tertiary/aromatic N) is 4. The number of hydrogen-bond acceptors (Lipinski definition) is 6. The smallest absolute Gasteiger partial charge is 0.337 e. The summed E-state index contributed by atoms with van der Waals surface area (Å²) in [4.78, 5) is 23.7. The second-order valence-corrected chi connectivity index (χ2v) is 7.89. The largest absolute Gasteiger partial charge is 0.465 e. The van der Waals surface area contributed by atoms with E-state index in [0.29, 0.717) is 44.3 Å². The van der Waals surface area contributed by atoms with E-state index in [1.54, 1.807) is 12.1 Å². The summed E-state index contributed by atoms with van der Waals surface area (Å²) in [6.07, 6.45) is 1.43. The Balaban J connectivity index is 1.99. The van der Waals surface area contributed by atoms with Gasteiger partial charge in [-0.1, -0.05) is 11.6 Å². The molecule has 4 rings (SSSR count). The van der Waals surface area contributed by atoms with Gasteiger partial charge in [0.25, 0.3) is 0 Å². The van der Waals surface area contributed by atoms with Crippen LogP contribution in [0.15, 0.2) is 24.5 Å². The number of nitrogens with two attached hydrogens (primary N) is 1. The number of H-pyrrole nitrogens is 1. The standard InChI is InChI=1S/C19H19ClN6O2/c1-19(2,3)26-17-14(16(21)22-8-23-17)15(25-26)13-7-10-11(20)5-9(18(27)28-4)6-12(10)24-13/h5-8,24H,1-4H3,(H2,21,22,23). The lowest BCUT2D eigenvalue weighted by Gasteiger charge is -2.19. The third-order valence-electron chi connectivity index (χ3n) is 4.49. The molecule has 28 heavy (non-hydrogen) atoms. The van der Waals surface area contributed by atoms with E-state index < -0.39 is 5.97 Å². The van der Waals surface area contributed by atoms with Crippen LogP contribution in [-0.2, 0) is 10.3 Å². The van der Waals surface area contributed by atoms with E-state index >= 15 is 0 Å². The van der Waals surface area contributed by atoms with Crippen LogP contribution in [0.4, 0.5) is 5.82 Å². The predicted octanol–water partition coefficient (Wildman–Crippen LogP) is 3.75. The van der Waals surface area contributed by atoms with E-state index in [0.717, 1.165) is 5.39 Å². The third kappa shape index (κ3) is 2.77. The second kappa shape index (κ2) is 6.20. The Morgan fingerprint density at radius 1 is 1.25 bits per heavy atom. The zero-order valence-corrected chi connectivity index (χ0v) is 16.6. The number of benzene rings is 1. The van der Waals surface area contributed by atoms with Gasteiger partial charge in [-0.2, -0.15) is 5.10 Å². The summed E-state index contributed by atoms with van der Waals surface area (Å²) < 4.78 is 6.61. The highest BCUT2D eigenvalue weighted by atomic mass is 35.5. The van der Waals surface area contributed by atoms with Crippen molar-refractivity contribution in [3.05, 3.63) is 35.1 Å². The minimum absolute atomic E-state index is 0.307. The van der Waals surface area contributed by atoms with Crippen LogP contribution in [0.3, 0.4) is 0 Å². The molecule has 0 unspecified atom stereocenters. The Kier molecular flexibility index (Phi) is 4.04. The lowest BCUT2D eigenvalue weighted by molar-refractivity contribution is 0.0601. The van der Waals surface area contributed by atoms with Crippen molar-refractivity contribution in [2.45, 2.75) is 26.3 Å². The van der Waals surface area contributed by atoms with Crippen molar-refractivity contribution in [2.24, 2.45) is 0 Å². The lowest BCUT2D eigenvalue weighted by Crippen LogP contribution is -2.23. The first kappa shape index (κ1) is 18.2. The summed E-state index contributed by atoms with van der Waals surface area (Å²) in [5.41, 5.74) is 8.87. The molecule has 8 nitrogen and oxygen atoms in total. The van der Waals surface area contributed by atoms with E-state index in [1.807, 2.05) is 31.5 Å². The molecule has 3 aromatic heterocycles. The molecule has 0 amide bonds. The molecule has 0 aliphatic carbocycles. The van der Waals surface area contributed by atoms with Crippen molar-refractivity contribution in [1.82, 2.24) is 24.7 Å².